The zero-order chi connectivity index (χ0) is 10.7. The standard InChI is InChI=1S/C10H8N2O3/c1-14-9-3-2-4-11-10(9)8-5-7(6-13)15-12-8/h2-6H,1H3. The second kappa shape index (κ2) is 3.91. The molecule has 0 aliphatic carbocycles. The Morgan fingerprint density at radius 3 is 3.07 bits per heavy atom. The van der Waals surface area contributed by atoms with Crippen molar-refractivity contribution in [1.82, 2.24) is 10.1 Å². The molecule has 0 fully saturated rings. The maximum absolute atomic E-state index is 10.4. The van der Waals surface area contributed by atoms with Gasteiger partial charge in [-0.15, -0.1) is 0 Å². The molecule has 0 atom stereocenters. The Labute approximate surface area is 85.7 Å². The van der Waals surface area contributed by atoms with Gasteiger partial charge in [0.2, 0.25) is 0 Å². The van der Waals surface area contributed by atoms with Crippen LogP contribution in [0.5, 0.6) is 5.75 Å². The van der Waals surface area contributed by atoms with Gasteiger partial charge < -0.3 is 9.26 Å². The van der Waals surface area contributed by atoms with Crippen molar-refractivity contribution in [1.29, 1.82) is 0 Å². The van der Waals surface area contributed by atoms with E-state index < -0.39 is 0 Å². The minimum atomic E-state index is 0.165. The van der Waals surface area contributed by atoms with Crippen LogP contribution >= 0.6 is 0 Å². The molecule has 0 aliphatic rings. The largest absolute Gasteiger partial charge is 0.494 e. The van der Waals surface area contributed by atoms with E-state index >= 15 is 0 Å². The SMILES string of the molecule is COc1cccnc1-c1cc(C=O)on1. The molecule has 5 heteroatoms. The van der Waals surface area contributed by atoms with Gasteiger partial charge in [0, 0.05) is 12.3 Å². The molecule has 76 valence electrons. The molecule has 0 unspecified atom stereocenters. The Balaban J connectivity index is 2.48. The van der Waals surface area contributed by atoms with Gasteiger partial charge in [-0.05, 0) is 12.1 Å². The highest BCUT2D eigenvalue weighted by atomic mass is 16.5. The molecule has 0 bridgehead atoms. The predicted molar refractivity (Wildman–Crippen MR) is 51.7 cm³/mol. The molecule has 15 heavy (non-hydrogen) atoms. The van der Waals surface area contributed by atoms with E-state index in [0.29, 0.717) is 23.4 Å². The van der Waals surface area contributed by atoms with E-state index in [1.165, 1.54) is 6.07 Å². The molecule has 2 aromatic heterocycles. The Kier molecular flexibility index (Phi) is 2.45. The van der Waals surface area contributed by atoms with Gasteiger partial charge in [-0.25, -0.2) is 0 Å². The maximum atomic E-state index is 10.4. The van der Waals surface area contributed by atoms with Gasteiger partial charge in [0.1, 0.15) is 17.1 Å². The smallest absolute Gasteiger partial charge is 0.199 e. The minimum absolute atomic E-state index is 0.165. The van der Waals surface area contributed by atoms with Crippen LogP contribution in [0.1, 0.15) is 10.6 Å². The predicted octanol–water partition coefficient (Wildman–Crippen LogP) is 1.56. The van der Waals surface area contributed by atoms with Crippen molar-refractivity contribution in [3.8, 4) is 17.1 Å². The molecule has 0 amide bonds. The first kappa shape index (κ1) is 9.39. The van der Waals surface area contributed by atoms with E-state index in [2.05, 4.69) is 10.1 Å². The summed E-state index contributed by atoms with van der Waals surface area (Å²) in [5, 5.41) is 3.72. The first-order chi connectivity index (χ1) is 7.35. The van der Waals surface area contributed by atoms with E-state index in [0.717, 1.165) is 0 Å². The zero-order valence-corrected chi connectivity index (χ0v) is 8.01. The third kappa shape index (κ3) is 1.71. The number of pyridine rings is 1. The Morgan fingerprint density at radius 2 is 2.40 bits per heavy atom. The molecule has 0 saturated carbocycles. The normalized spacial score (nSPS) is 9.93. The molecule has 2 rings (SSSR count). The topological polar surface area (TPSA) is 65.2 Å². The average molecular weight is 204 g/mol. The summed E-state index contributed by atoms with van der Waals surface area (Å²) < 4.78 is 9.86. The van der Waals surface area contributed by atoms with Crippen LogP contribution in [-0.4, -0.2) is 23.5 Å². The van der Waals surface area contributed by atoms with Crippen molar-refractivity contribution in [2.75, 3.05) is 7.11 Å². The van der Waals surface area contributed by atoms with Crippen LogP contribution in [0.15, 0.2) is 28.9 Å². The number of ether oxygens (including phenoxy) is 1. The van der Waals surface area contributed by atoms with E-state index in [9.17, 15) is 4.79 Å². The third-order valence-electron chi connectivity index (χ3n) is 1.88. The lowest BCUT2D eigenvalue weighted by Crippen LogP contribution is -1.90. The number of aldehydes is 1. The molecule has 0 aromatic carbocycles. The lowest BCUT2D eigenvalue weighted by Gasteiger charge is -2.02. The summed E-state index contributed by atoms with van der Waals surface area (Å²) in [4.78, 5) is 14.5. The van der Waals surface area contributed by atoms with Gasteiger partial charge in [-0.1, -0.05) is 5.16 Å². The molecule has 0 aliphatic heterocycles. The number of hydrogen-bond donors (Lipinski definition) is 0. The summed E-state index contributed by atoms with van der Waals surface area (Å²) >= 11 is 0. The number of carbonyl (C=O) groups excluding carboxylic acids is 1. The Hall–Kier alpha value is -2.17. The average Bonchev–Trinajstić information content (AvgIpc) is 2.77. The van der Waals surface area contributed by atoms with Crippen molar-refractivity contribution in [2.24, 2.45) is 0 Å². The highest BCUT2D eigenvalue weighted by Crippen LogP contribution is 2.26. The summed E-state index contributed by atoms with van der Waals surface area (Å²) in [6.45, 7) is 0. The lowest BCUT2D eigenvalue weighted by molar-refractivity contribution is 0.109. The Bertz CT molecular complexity index is 479. The van der Waals surface area contributed by atoms with E-state index in [1.54, 1.807) is 25.4 Å². The highest BCUT2D eigenvalue weighted by molar-refractivity contribution is 5.74. The van der Waals surface area contributed by atoms with Crippen LogP contribution in [-0.2, 0) is 0 Å². The number of methoxy groups -OCH3 is 1. The van der Waals surface area contributed by atoms with Crippen LogP contribution in [0.25, 0.3) is 11.4 Å². The number of aromatic nitrogens is 2. The summed E-state index contributed by atoms with van der Waals surface area (Å²) in [6, 6.07) is 5.03. The molecule has 0 saturated heterocycles. The van der Waals surface area contributed by atoms with Gasteiger partial charge >= 0.3 is 0 Å². The summed E-state index contributed by atoms with van der Waals surface area (Å²) in [5.74, 6) is 0.751. The van der Waals surface area contributed by atoms with Crippen LogP contribution in [0.3, 0.4) is 0 Å². The van der Waals surface area contributed by atoms with Gasteiger partial charge in [0.15, 0.2) is 12.0 Å². The van der Waals surface area contributed by atoms with E-state index in [4.69, 9.17) is 9.26 Å². The molecule has 0 radical (unpaired) electrons. The van der Waals surface area contributed by atoms with Crippen molar-refractivity contribution in [3.63, 3.8) is 0 Å². The van der Waals surface area contributed by atoms with E-state index in [1.807, 2.05) is 0 Å². The molecule has 0 spiro atoms. The van der Waals surface area contributed by atoms with Gasteiger partial charge in [0.05, 0.1) is 7.11 Å². The summed E-state index contributed by atoms with van der Waals surface area (Å²) in [7, 11) is 1.54. The van der Waals surface area contributed by atoms with Gasteiger partial charge in [-0.3, -0.25) is 9.78 Å². The quantitative estimate of drug-likeness (QED) is 0.710. The zero-order valence-electron chi connectivity index (χ0n) is 8.01. The van der Waals surface area contributed by atoms with Crippen LogP contribution in [0.4, 0.5) is 0 Å². The van der Waals surface area contributed by atoms with Crippen LogP contribution in [0, 0.1) is 0 Å². The van der Waals surface area contributed by atoms with Crippen LogP contribution < -0.4 is 4.74 Å². The molecule has 0 N–H and O–H groups in total. The molecular weight excluding hydrogens is 196 g/mol. The molecular formula is C10H8N2O3. The van der Waals surface area contributed by atoms with Gasteiger partial charge in [-0.2, -0.15) is 0 Å². The van der Waals surface area contributed by atoms with Crippen molar-refractivity contribution < 1.29 is 14.1 Å². The lowest BCUT2D eigenvalue weighted by atomic mass is 10.2. The fraction of sp³-hybridized carbons (Fsp3) is 0.100. The van der Waals surface area contributed by atoms with E-state index in [-0.39, 0.29) is 5.76 Å². The van der Waals surface area contributed by atoms with Crippen molar-refractivity contribution in [3.05, 3.63) is 30.2 Å². The number of carbonyl (C=O) groups is 1. The van der Waals surface area contributed by atoms with Gasteiger partial charge in [0.25, 0.3) is 0 Å². The molecule has 2 aromatic rings. The highest BCUT2D eigenvalue weighted by Gasteiger charge is 2.11. The molecule has 2 heterocycles. The Morgan fingerprint density at radius 1 is 1.53 bits per heavy atom. The molecule has 5 nitrogen and oxygen atoms in total. The second-order valence-electron chi connectivity index (χ2n) is 2.79. The maximum Gasteiger partial charge on any atom is 0.199 e. The number of hydrogen-bond acceptors (Lipinski definition) is 5. The number of rotatable bonds is 3. The first-order valence-electron chi connectivity index (χ1n) is 4.26. The summed E-state index contributed by atoms with van der Waals surface area (Å²) in [6.07, 6.45) is 2.21. The minimum Gasteiger partial charge on any atom is -0.494 e. The fourth-order valence-electron chi connectivity index (χ4n) is 1.20. The number of nitrogens with zero attached hydrogens (tertiary/aromatic N) is 2. The third-order valence-corrected chi connectivity index (χ3v) is 1.88. The van der Waals surface area contributed by atoms with Crippen LogP contribution in [0.2, 0.25) is 0 Å². The van der Waals surface area contributed by atoms with Crippen molar-refractivity contribution in [2.45, 2.75) is 0 Å². The second-order valence-corrected chi connectivity index (χ2v) is 2.79. The first-order valence-corrected chi connectivity index (χ1v) is 4.26. The fourth-order valence-corrected chi connectivity index (χ4v) is 1.20. The van der Waals surface area contributed by atoms with Crippen molar-refractivity contribution >= 4 is 6.29 Å². The monoisotopic (exact) mass is 204 g/mol. The summed E-state index contributed by atoms with van der Waals surface area (Å²) in [5.41, 5.74) is 1.03.